The molecule has 1 saturated heterocycles. The van der Waals surface area contributed by atoms with Crippen molar-refractivity contribution in [1.29, 1.82) is 0 Å². The first-order chi connectivity index (χ1) is 12.1. The zero-order chi connectivity index (χ0) is 17.6. The summed E-state index contributed by atoms with van der Waals surface area (Å²) in [5.41, 5.74) is 6.45. The van der Waals surface area contributed by atoms with Gasteiger partial charge in [-0.2, -0.15) is 0 Å². The topological polar surface area (TPSA) is 98.4 Å². The van der Waals surface area contributed by atoms with Crippen molar-refractivity contribution in [3.8, 4) is 0 Å². The summed E-state index contributed by atoms with van der Waals surface area (Å²) >= 11 is 0. The second-order valence-corrected chi connectivity index (χ2v) is 6.00. The molecule has 0 saturated carbocycles. The Morgan fingerprint density at radius 2 is 1.92 bits per heavy atom. The van der Waals surface area contributed by atoms with Crippen molar-refractivity contribution in [3.05, 3.63) is 53.9 Å². The molecular formula is C18H20N4O3. The van der Waals surface area contributed by atoms with Crippen molar-refractivity contribution < 1.29 is 14.3 Å². The van der Waals surface area contributed by atoms with Crippen LogP contribution < -0.4 is 10.6 Å². The van der Waals surface area contributed by atoms with E-state index in [-0.39, 0.29) is 18.5 Å². The highest BCUT2D eigenvalue weighted by Gasteiger charge is 2.28. The maximum atomic E-state index is 12.4. The molecule has 7 heteroatoms. The SMILES string of the molecule is NC(=O)c1ccc(COC(=O)[C@H]2CCCN(c3ncccn3)C2)cc1. The normalized spacial score (nSPS) is 17.1. The number of aromatic nitrogens is 2. The van der Waals surface area contributed by atoms with E-state index < -0.39 is 5.91 Å². The number of carbonyl (C=O) groups is 2. The number of piperidine rings is 1. The predicted octanol–water partition coefficient (Wildman–Crippen LogP) is 1.54. The third-order valence-corrected chi connectivity index (χ3v) is 4.21. The van der Waals surface area contributed by atoms with Crippen molar-refractivity contribution in [3.63, 3.8) is 0 Å². The molecule has 1 aliphatic rings. The van der Waals surface area contributed by atoms with Gasteiger partial charge in [0.05, 0.1) is 5.92 Å². The highest BCUT2D eigenvalue weighted by molar-refractivity contribution is 5.92. The van der Waals surface area contributed by atoms with Gasteiger partial charge in [0.25, 0.3) is 0 Å². The van der Waals surface area contributed by atoms with Crippen LogP contribution >= 0.6 is 0 Å². The summed E-state index contributed by atoms with van der Waals surface area (Å²) in [5.74, 6) is -0.252. The summed E-state index contributed by atoms with van der Waals surface area (Å²) in [7, 11) is 0. The molecule has 1 aromatic carbocycles. The van der Waals surface area contributed by atoms with Gasteiger partial charge in [0.1, 0.15) is 6.61 Å². The molecule has 0 unspecified atom stereocenters. The van der Waals surface area contributed by atoms with Crippen LogP contribution in [-0.4, -0.2) is 34.9 Å². The molecule has 3 rings (SSSR count). The summed E-state index contributed by atoms with van der Waals surface area (Å²) in [6.45, 7) is 1.57. The van der Waals surface area contributed by atoms with Crippen LogP contribution in [0.1, 0.15) is 28.8 Å². The molecule has 2 N–H and O–H groups in total. The fraction of sp³-hybridized carbons (Fsp3) is 0.333. The number of rotatable bonds is 5. The first kappa shape index (κ1) is 16.9. The van der Waals surface area contributed by atoms with E-state index in [0.29, 0.717) is 18.1 Å². The number of esters is 1. The molecule has 130 valence electrons. The van der Waals surface area contributed by atoms with Crippen LogP contribution in [0.2, 0.25) is 0 Å². The van der Waals surface area contributed by atoms with Gasteiger partial charge in [-0.15, -0.1) is 0 Å². The summed E-state index contributed by atoms with van der Waals surface area (Å²) in [6, 6.07) is 8.49. The number of anilines is 1. The number of amides is 1. The minimum Gasteiger partial charge on any atom is -0.461 e. The van der Waals surface area contributed by atoms with Crippen LogP contribution in [0.3, 0.4) is 0 Å². The van der Waals surface area contributed by atoms with E-state index in [2.05, 4.69) is 9.97 Å². The van der Waals surface area contributed by atoms with E-state index in [1.165, 1.54) is 0 Å². The number of nitrogens with zero attached hydrogens (tertiary/aromatic N) is 3. The van der Waals surface area contributed by atoms with Gasteiger partial charge in [-0.25, -0.2) is 9.97 Å². The van der Waals surface area contributed by atoms with Gasteiger partial charge in [0, 0.05) is 31.0 Å². The predicted molar refractivity (Wildman–Crippen MR) is 91.7 cm³/mol. The molecule has 2 heterocycles. The minimum absolute atomic E-state index is 0.177. The molecule has 0 bridgehead atoms. The van der Waals surface area contributed by atoms with Gasteiger partial charge < -0.3 is 15.4 Å². The molecule has 0 radical (unpaired) electrons. The molecule has 1 aromatic heterocycles. The zero-order valence-corrected chi connectivity index (χ0v) is 13.8. The van der Waals surface area contributed by atoms with E-state index in [0.717, 1.165) is 24.9 Å². The van der Waals surface area contributed by atoms with Crippen molar-refractivity contribution in [2.75, 3.05) is 18.0 Å². The number of nitrogens with two attached hydrogens (primary N) is 1. The highest BCUT2D eigenvalue weighted by atomic mass is 16.5. The standard InChI is InChI=1S/C18H20N4O3/c19-16(23)14-6-4-13(5-7-14)12-25-17(24)15-3-1-10-22(11-15)18-20-8-2-9-21-18/h2,4-9,15H,1,3,10-12H2,(H2,19,23)/t15-/m0/s1. The Hall–Kier alpha value is -2.96. The number of hydrogen-bond donors (Lipinski definition) is 1. The maximum absolute atomic E-state index is 12.4. The number of hydrogen-bond acceptors (Lipinski definition) is 6. The average Bonchev–Trinajstić information content (AvgIpc) is 2.67. The van der Waals surface area contributed by atoms with Gasteiger partial charge >= 0.3 is 5.97 Å². The molecule has 1 amide bonds. The van der Waals surface area contributed by atoms with Crippen LogP contribution in [0.15, 0.2) is 42.7 Å². The van der Waals surface area contributed by atoms with Crippen LogP contribution in [0.5, 0.6) is 0 Å². The minimum atomic E-state index is -0.478. The second-order valence-electron chi connectivity index (χ2n) is 6.00. The first-order valence-electron chi connectivity index (χ1n) is 8.21. The molecule has 2 aromatic rings. The highest BCUT2D eigenvalue weighted by Crippen LogP contribution is 2.21. The Morgan fingerprint density at radius 3 is 2.60 bits per heavy atom. The fourth-order valence-electron chi connectivity index (χ4n) is 2.84. The Kier molecular flexibility index (Phi) is 5.23. The third-order valence-electron chi connectivity index (χ3n) is 4.21. The van der Waals surface area contributed by atoms with Gasteiger partial charge in [-0.1, -0.05) is 12.1 Å². The fourth-order valence-corrected chi connectivity index (χ4v) is 2.84. The lowest BCUT2D eigenvalue weighted by molar-refractivity contribution is -0.150. The number of benzene rings is 1. The first-order valence-corrected chi connectivity index (χ1v) is 8.21. The van der Waals surface area contributed by atoms with E-state index in [4.69, 9.17) is 10.5 Å². The third kappa shape index (κ3) is 4.32. The molecule has 0 aliphatic carbocycles. The van der Waals surface area contributed by atoms with Crippen LogP contribution in [0, 0.1) is 5.92 Å². The summed E-state index contributed by atoms with van der Waals surface area (Å²) in [4.78, 5) is 33.9. The summed E-state index contributed by atoms with van der Waals surface area (Å²) in [5, 5.41) is 0. The molecule has 1 fully saturated rings. The van der Waals surface area contributed by atoms with Crippen LogP contribution in [-0.2, 0) is 16.1 Å². The Bertz CT molecular complexity index is 734. The lowest BCUT2D eigenvalue weighted by atomic mass is 9.98. The Morgan fingerprint density at radius 1 is 1.20 bits per heavy atom. The maximum Gasteiger partial charge on any atom is 0.311 e. The zero-order valence-electron chi connectivity index (χ0n) is 13.8. The number of ether oxygens (including phenoxy) is 1. The molecule has 0 spiro atoms. The lowest BCUT2D eigenvalue weighted by Crippen LogP contribution is -2.40. The molecule has 1 aliphatic heterocycles. The van der Waals surface area contributed by atoms with Crippen molar-refractivity contribution in [1.82, 2.24) is 9.97 Å². The van der Waals surface area contributed by atoms with Crippen LogP contribution in [0.25, 0.3) is 0 Å². The van der Waals surface area contributed by atoms with Crippen molar-refractivity contribution in [2.45, 2.75) is 19.4 Å². The monoisotopic (exact) mass is 340 g/mol. The smallest absolute Gasteiger partial charge is 0.311 e. The largest absolute Gasteiger partial charge is 0.461 e. The Balaban J connectivity index is 1.55. The van der Waals surface area contributed by atoms with Crippen molar-refractivity contribution >= 4 is 17.8 Å². The summed E-state index contributed by atoms with van der Waals surface area (Å²) < 4.78 is 5.43. The van der Waals surface area contributed by atoms with Gasteiger partial charge in [0.15, 0.2) is 0 Å². The van der Waals surface area contributed by atoms with Gasteiger partial charge in [-0.3, -0.25) is 9.59 Å². The number of carbonyl (C=O) groups excluding carboxylic acids is 2. The van der Waals surface area contributed by atoms with E-state index in [9.17, 15) is 9.59 Å². The average molecular weight is 340 g/mol. The number of primary amides is 1. The van der Waals surface area contributed by atoms with Crippen molar-refractivity contribution in [2.24, 2.45) is 11.7 Å². The summed E-state index contributed by atoms with van der Waals surface area (Å²) in [6.07, 6.45) is 5.08. The molecular weight excluding hydrogens is 320 g/mol. The van der Waals surface area contributed by atoms with E-state index >= 15 is 0 Å². The molecule has 25 heavy (non-hydrogen) atoms. The lowest BCUT2D eigenvalue weighted by Gasteiger charge is -2.31. The van der Waals surface area contributed by atoms with Gasteiger partial charge in [0.2, 0.25) is 11.9 Å². The van der Waals surface area contributed by atoms with E-state index in [1.807, 2.05) is 4.90 Å². The Labute approximate surface area is 145 Å². The van der Waals surface area contributed by atoms with E-state index in [1.54, 1.807) is 42.7 Å². The van der Waals surface area contributed by atoms with Crippen LogP contribution in [0.4, 0.5) is 5.95 Å². The molecule has 1 atom stereocenters. The molecule has 7 nitrogen and oxygen atoms in total. The quantitative estimate of drug-likeness (QED) is 0.829. The van der Waals surface area contributed by atoms with Gasteiger partial charge in [-0.05, 0) is 36.6 Å². The second kappa shape index (κ2) is 7.74.